The molecule has 1 aliphatic rings. The molecule has 0 aliphatic carbocycles. The molecule has 4 nitrogen and oxygen atoms in total. The average molecular weight is 272 g/mol. The van der Waals surface area contributed by atoms with Crippen molar-refractivity contribution in [2.24, 2.45) is 7.05 Å². The molecular formula is C16H20N2O2. The van der Waals surface area contributed by atoms with Crippen LogP contribution in [0.1, 0.15) is 30.3 Å². The Balaban J connectivity index is 2.04. The predicted octanol–water partition coefficient (Wildman–Crippen LogP) is 2.20. The quantitative estimate of drug-likeness (QED) is 0.932. The Bertz CT molecular complexity index is 559. The zero-order chi connectivity index (χ0) is 14.0. The van der Waals surface area contributed by atoms with Crippen LogP contribution in [0.15, 0.2) is 42.7 Å². The highest BCUT2D eigenvalue weighted by Gasteiger charge is 2.43. The molecule has 106 valence electrons. The molecule has 1 atom stereocenters. The van der Waals surface area contributed by atoms with E-state index >= 15 is 0 Å². The van der Waals surface area contributed by atoms with Gasteiger partial charge in [-0.15, -0.1) is 0 Å². The summed E-state index contributed by atoms with van der Waals surface area (Å²) in [5.74, 6) is 0.718. The Hall–Kier alpha value is -1.65. The van der Waals surface area contributed by atoms with Crippen molar-refractivity contribution in [2.45, 2.75) is 24.4 Å². The number of ether oxygens (including phenoxy) is 1. The third-order valence-corrected chi connectivity index (χ3v) is 4.36. The van der Waals surface area contributed by atoms with Gasteiger partial charge in [0.1, 0.15) is 11.9 Å². The summed E-state index contributed by atoms with van der Waals surface area (Å²) in [6.45, 7) is 1.35. The summed E-state index contributed by atoms with van der Waals surface area (Å²) in [7, 11) is 1.92. The Morgan fingerprint density at radius 2 is 1.95 bits per heavy atom. The Labute approximate surface area is 119 Å². The first kappa shape index (κ1) is 13.3. The number of nitrogens with zero attached hydrogens (tertiary/aromatic N) is 2. The van der Waals surface area contributed by atoms with E-state index in [1.807, 2.05) is 36.0 Å². The molecule has 0 amide bonds. The lowest BCUT2D eigenvalue weighted by Crippen LogP contribution is -2.40. The fourth-order valence-corrected chi connectivity index (χ4v) is 3.11. The molecule has 4 heteroatoms. The Morgan fingerprint density at radius 3 is 2.55 bits per heavy atom. The first-order chi connectivity index (χ1) is 9.74. The third-order valence-electron chi connectivity index (χ3n) is 4.36. The number of aryl methyl sites for hydroxylation is 1. The van der Waals surface area contributed by atoms with Crippen LogP contribution in [-0.4, -0.2) is 27.9 Å². The maximum absolute atomic E-state index is 11.0. The van der Waals surface area contributed by atoms with Crippen molar-refractivity contribution in [1.82, 2.24) is 9.55 Å². The summed E-state index contributed by atoms with van der Waals surface area (Å²) in [5, 5.41) is 11.0. The van der Waals surface area contributed by atoms with E-state index in [2.05, 4.69) is 17.1 Å². The van der Waals surface area contributed by atoms with Crippen LogP contribution in [0.5, 0.6) is 0 Å². The van der Waals surface area contributed by atoms with Crippen LogP contribution >= 0.6 is 0 Å². The highest BCUT2D eigenvalue weighted by atomic mass is 16.5. The minimum atomic E-state index is -0.617. The van der Waals surface area contributed by atoms with Crippen LogP contribution in [0, 0.1) is 0 Å². The van der Waals surface area contributed by atoms with Gasteiger partial charge in [-0.1, -0.05) is 30.3 Å². The van der Waals surface area contributed by atoms with Crippen LogP contribution in [0.4, 0.5) is 0 Å². The van der Waals surface area contributed by atoms with E-state index in [1.54, 1.807) is 6.20 Å². The monoisotopic (exact) mass is 272 g/mol. The summed E-state index contributed by atoms with van der Waals surface area (Å²) < 4.78 is 7.40. The smallest absolute Gasteiger partial charge is 0.138 e. The van der Waals surface area contributed by atoms with E-state index in [0.717, 1.165) is 18.7 Å². The maximum atomic E-state index is 11.0. The minimum Gasteiger partial charge on any atom is -0.384 e. The van der Waals surface area contributed by atoms with Crippen LogP contribution < -0.4 is 0 Å². The van der Waals surface area contributed by atoms with Gasteiger partial charge in [0.15, 0.2) is 0 Å². The number of benzene rings is 1. The lowest BCUT2D eigenvalue weighted by atomic mass is 9.69. The lowest BCUT2D eigenvalue weighted by Gasteiger charge is -2.41. The minimum absolute atomic E-state index is 0.307. The van der Waals surface area contributed by atoms with Gasteiger partial charge in [0.05, 0.1) is 0 Å². The molecule has 20 heavy (non-hydrogen) atoms. The zero-order valence-electron chi connectivity index (χ0n) is 11.7. The number of hydrogen-bond acceptors (Lipinski definition) is 3. The van der Waals surface area contributed by atoms with Crippen molar-refractivity contribution in [2.75, 3.05) is 13.2 Å². The molecule has 2 heterocycles. The van der Waals surface area contributed by atoms with Crippen LogP contribution in [0.25, 0.3) is 0 Å². The van der Waals surface area contributed by atoms with Crippen LogP contribution in [0.3, 0.4) is 0 Å². The standard InChI is InChI=1S/C16H20N2O2/c1-18-10-9-17-15(18)14(19)16(7-11-20-12-8-16)13-5-3-2-4-6-13/h2-6,9-10,14,19H,7-8,11-12H2,1H3. The van der Waals surface area contributed by atoms with Gasteiger partial charge in [-0.25, -0.2) is 4.98 Å². The van der Waals surface area contributed by atoms with E-state index in [0.29, 0.717) is 13.2 Å². The molecule has 2 aromatic rings. The van der Waals surface area contributed by atoms with Crippen LogP contribution in [0.2, 0.25) is 0 Å². The molecule has 1 aliphatic heterocycles. The van der Waals surface area contributed by atoms with E-state index in [4.69, 9.17) is 4.74 Å². The van der Waals surface area contributed by atoms with Gasteiger partial charge in [-0.3, -0.25) is 0 Å². The van der Waals surface area contributed by atoms with Crippen molar-refractivity contribution in [3.05, 3.63) is 54.1 Å². The molecule has 0 radical (unpaired) electrons. The summed E-state index contributed by atoms with van der Waals surface area (Å²) in [5.41, 5.74) is 0.859. The molecule has 0 spiro atoms. The number of aliphatic hydroxyl groups is 1. The van der Waals surface area contributed by atoms with Gasteiger partial charge in [0.2, 0.25) is 0 Å². The number of rotatable bonds is 3. The Morgan fingerprint density at radius 1 is 1.25 bits per heavy atom. The molecule has 3 rings (SSSR count). The second-order valence-corrected chi connectivity index (χ2v) is 5.43. The van der Waals surface area contributed by atoms with Gasteiger partial charge < -0.3 is 14.4 Å². The number of aromatic nitrogens is 2. The molecule has 1 fully saturated rings. The van der Waals surface area contributed by atoms with Crippen molar-refractivity contribution in [3.63, 3.8) is 0 Å². The summed E-state index contributed by atoms with van der Waals surface area (Å²) in [6.07, 6.45) is 4.61. The SMILES string of the molecule is Cn1ccnc1C(O)C1(c2ccccc2)CCOCC1. The highest BCUT2D eigenvalue weighted by molar-refractivity contribution is 5.29. The number of aliphatic hydroxyl groups excluding tert-OH is 1. The van der Waals surface area contributed by atoms with Gasteiger partial charge in [0.25, 0.3) is 0 Å². The molecule has 1 aromatic carbocycles. The second-order valence-electron chi connectivity index (χ2n) is 5.43. The van der Waals surface area contributed by atoms with Gasteiger partial charge in [-0.05, 0) is 18.4 Å². The van der Waals surface area contributed by atoms with Crippen molar-refractivity contribution in [1.29, 1.82) is 0 Å². The van der Waals surface area contributed by atoms with Gasteiger partial charge in [-0.2, -0.15) is 0 Å². The summed E-state index contributed by atoms with van der Waals surface area (Å²) in [6, 6.07) is 10.2. The zero-order valence-corrected chi connectivity index (χ0v) is 11.7. The molecular weight excluding hydrogens is 252 g/mol. The Kier molecular flexibility index (Phi) is 3.59. The number of hydrogen-bond donors (Lipinski definition) is 1. The fourth-order valence-electron chi connectivity index (χ4n) is 3.11. The topological polar surface area (TPSA) is 47.3 Å². The normalized spacial score (nSPS) is 19.7. The largest absolute Gasteiger partial charge is 0.384 e. The molecule has 0 saturated carbocycles. The van der Waals surface area contributed by atoms with Crippen molar-refractivity contribution >= 4 is 0 Å². The second kappa shape index (κ2) is 5.38. The van der Waals surface area contributed by atoms with Crippen molar-refractivity contribution in [3.8, 4) is 0 Å². The predicted molar refractivity (Wildman–Crippen MR) is 76.3 cm³/mol. The van der Waals surface area contributed by atoms with Gasteiger partial charge in [0, 0.05) is 38.1 Å². The molecule has 1 unspecified atom stereocenters. The summed E-state index contributed by atoms with van der Waals surface area (Å²) >= 11 is 0. The van der Waals surface area contributed by atoms with E-state index < -0.39 is 6.10 Å². The molecule has 1 N–H and O–H groups in total. The summed E-state index contributed by atoms with van der Waals surface area (Å²) in [4.78, 5) is 4.33. The first-order valence-electron chi connectivity index (χ1n) is 7.02. The van der Waals surface area contributed by atoms with E-state index in [9.17, 15) is 5.11 Å². The number of imidazole rings is 1. The van der Waals surface area contributed by atoms with E-state index in [1.165, 1.54) is 5.56 Å². The lowest BCUT2D eigenvalue weighted by molar-refractivity contribution is -0.0214. The first-order valence-corrected chi connectivity index (χ1v) is 7.02. The molecule has 0 bridgehead atoms. The third kappa shape index (κ3) is 2.15. The molecule has 1 saturated heterocycles. The average Bonchev–Trinajstić information content (AvgIpc) is 2.94. The fraction of sp³-hybridized carbons (Fsp3) is 0.438. The van der Waals surface area contributed by atoms with Crippen LogP contribution in [-0.2, 0) is 17.2 Å². The van der Waals surface area contributed by atoms with Gasteiger partial charge >= 0.3 is 0 Å². The van der Waals surface area contributed by atoms with Crippen molar-refractivity contribution < 1.29 is 9.84 Å². The highest BCUT2D eigenvalue weighted by Crippen LogP contribution is 2.44. The molecule has 1 aromatic heterocycles. The van der Waals surface area contributed by atoms with E-state index in [-0.39, 0.29) is 5.41 Å². The maximum Gasteiger partial charge on any atom is 0.138 e.